The zero-order valence-electron chi connectivity index (χ0n) is 13.3. The van der Waals surface area contributed by atoms with Gasteiger partial charge in [0.05, 0.1) is 18.5 Å². The van der Waals surface area contributed by atoms with Gasteiger partial charge in [0.1, 0.15) is 0 Å². The summed E-state index contributed by atoms with van der Waals surface area (Å²) in [5, 5.41) is 13.1. The maximum atomic E-state index is 12.7. The van der Waals surface area contributed by atoms with Crippen LogP contribution in [-0.2, 0) is 22.7 Å². The monoisotopic (exact) mass is 363 g/mol. The normalized spacial score (nSPS) is 20.0. The van der Waals surface area contributed by atoms with Crippen LogP contribution in [-0.4, -0.2) is 24.9 Å². The third-order valence-electron chi connectivity index (χ3n) is 4.27. The SMILES string of the molecule is O=C(CC1(C(=O)NCc2cccs2)CCNC1)NCc1cccs1. The smallest absolute Gasteiger partial charge is 0.228 e. The minimum atomic E-state index is -0.642. The number of hydrogen-bond acceptors (Lipinski definition) is 5. The fourth-order valence-corrected chi connectivity index (χ4v) is 4.19. The average molecular weight is 364 g/mol. The molecule has 1 saturated heterocycles. The molecule has 1 aliphatic rings. The van der Waals surface area contributed by atoms with Gasteiger partial charge in [0.15, 0.2) is 0 Å². The van der Waals surface area contributed by atoms with Crippen molar-refractivity contribution in [1.82, 2.24) is 16.0 Å². The largest absolute Gasteiger partial charge is 0.351 e. The topological polar surface area (TPSA) is 70.2 Å². The number of rotatable bonds is 7. The molecule has 2 amide bonds. The lowest BCUT2D eigenvalue weighted by molar-refractivity contribution is -0.135. The van der Waals surface area contributed by atoms with Gasteiger partial charge in [-0.15, -0.1) is 22.7 Å². The highest BCUT2D eigenvalue weighted by atomic mass is 32.1. The van der Waals surface area contributed by atoms with E-state index in [1.54, 1.807) is 22.7 Å². The second kappa shape index (κ2) is 7.92. The van der Waals surface area contributed by atoms with E-state index >= 15 is 0 Å². The Morgan fingerprint density at radius 2 is 1.75 bits per heavy atom. The molecule has 1 fully saturated rings. The van der Waals surface area contributed by atoms with Crippen molar-refractivity contribution in [3.05, 3.63) is 44.8 Å². The first kappa shape index (κ1) is 17.1. The molecule has 2 aromatic rings. The van der Waals surface area contributed by atoms with E-state index in [-0.39, 0.29) is 18.2 Å². The Kier molecular flexibility index (Phi) is 5.65. The van der Waals surface area contributed by atoms with Crippen LogP contribution >= 0.6 is 22.7 Å². The van der Waals surface area contributed by atoms with Gasteiger partial charge in [0.25, 0.3) is 0 Å². The fraction of sp³-hybridized carbons (Fsp3) is 0.412. The zero-order chi connectivity index (χ0) is 16.8. The number of carbonyl (C=O) groups is 2. The van der Waals surface area contributed by atoms with E-state index in [1.807, 2.05) is 35.0 Å². The van der Waals surface area contributed by atoms with E-state index in [9.17, 15) is 9.59 Å². The summed E-state index contributed by atoms with van der Waals surface area (Å²) < 4.78 is 0. The summed E-state index contributed by atoms with van der Waals surface area (Å²) >= 11 is 3.23. The Morgan fingerprint density at radius 1 is 1.08 bits per heavy atom. The molecule has 7 heteroatoms. The summed E-state index contributed by atoms with van der Waals surface area (Å²) in [4.78, 5) is 27.3. The molecule has 1 atom stereocenters. The number of hydrogen-bond donors (Lipinski definition) is 3. The number of amides is 2. The van der Waals surface area contributed by atoms with Crippen LogP contribution in [0.3, 0.4) is 0 Å². The maximum absolute atomic E-state index is 12.7. The second-order valence-electron chi connectivity index (χ2n) is 6.00. The van der Waals surface area contributed by atoms with Gasteiger partial charge >= 0.3 is 0 Å². The van der Waals surface area contributed by atoms with Crippen LogP contribution in [0.2, 0.25) is 0 Å². The Morgan fingerprint density at radius 3 is 2.29 bits per heavy atom. The molecule has 24 heavy (non-hydrogen) atoms. The average Bonchev–Trinajstić information content (AvgIpc) is 3.32. The maximum Gasteiger partial charge on any atom is 0.228 e. The molecule has 3 N–H and O–H groups in total. The van der Waals surface area contributed by atoms with Crippen LogP contribution < -0.4 is 16.0 Å². The van der Waals surface area contributed by atoms with Gasteiger partial charge in [-0.3, -0.25) is 9.59 Å². The summed E-state index contributed by atoms with van der Waals surface area (Å²) in [7, 11) is 0. The van der Waals surface area contributed by atoms with E-state index < -0.39 is 5.41 Å². The van der Waals surface area contributed by atoms with Crippen LogP contribution in [0.5, 0.6) is 0 Å². The molecule has 0 aromatic carbocycles. The van der Waals surface area contributed by atoms with E-state index in [0.717, 1.165) is 16.3 Å². The number of thiophene rings is 2. The lowest BCUT2D eigenvalue weighted by atomic mass is 9.82. The van der Waals surface area contributed by atoms with E-state index in [1.165, 1.54) is 0 Å². The van der Waals surface area contributed by atoms with Crippen LogP contribution in [0.4, 0.5) is 0 Å². The zero-order valence-corrected chi connectivity index (χ0v) is 15.0. The van der Waals surface area contributed by atoms with Crippen molar-refractivity contribution in [2.45, 2.75) is 25.9 Å². The van der Waals surface area contributed by atoms with E-state index in [4.69, 9.17) is 0 Å². The van der Waals surface area contributed by atoms with Crippen molar-refractivity contribution in [1.29, 1.82) is 0 Å². The first-order valence-electron chi connectivity index (χ1n) is 7.98. The summed E-state index contributed by atoms with van der Waals surface area (Å²) in [5.74, 6) is -0.106. The molecule has 128 valence electrons. The molecule has 0 aliphatic carbocycles. The van der Waals surface area contributed by atoms with Crippen molar-refractivity contribution in [3.63, 3.8) is 0 Å². The van der Waals surface area contributed by atoms with Crippen molar-refractivity contribution < 1.29 is 9.59 Å². The van der Waals surface area contributed by atoms with Gasteiger partial charge in [-0.2, -0.15) is 0 Å². The van der Waals surface area contributed by atoms with Gasteiger partial charge in [-0.05, 0) is 35.9 Å². The molecule has 2 aromatic heterocycles. The highest BCUT2D eigenvalue weighted by molar-refractivity contribution is 7.10. The lowest BCUT2D eigenvalue weighted by Gasteiger charge is -2.26. The lowest BCUT2D eigenvalue weighted by Crippen LogP contribution is -2.45. The first-order chi connectivity index (χ1) is 11.7. The molecule has 3 heterocycles. The van der Waals surface area contributed by atoms with Gasteiger partial charge in [-0.25, -0.2) is 0 Å². The summed E-state index contributed by atoms with van der Waals surface area (Å²) in [6, 6.07) is 7.92. The third-order valence-corrected chi connectivity index (χ3v) is 6.02. The van der Waals surface area contributed by atoms with Gasteiger partial charge in [-0.1, -0.05) is 12.1 Å². The van der Waals surface area contributed by atoms with Gasteiger partial charge in [0, 0.05) is 22.7 Å². The van der Waals surface area contributed by atoms with Crippen molar-refractivity contribution in [2.75, 3.05) is 13.1 Å². The fourth-order valence-electron chi connectivity index (χ4n) is 2.91. The molecule has 3 rings (SSSR count). The summed E-state index contributed by atoms with van der Waals surface area (Å²) in [5.41, 5.74) is -0.642. The van der Waals surface area contributed by atoms with Gasteiger partial charge < -0.3 is 16.0 Å². The molecule has 0 spiro atoms. The molecule has 0 saturated carbocycles. The minimum absolute atomic E-state index is 0.0350. The molecule has 0 radical (unpaired) electrons. The Bertz CT molecular complexity index is 662. The van der Waals surface area contributed by atoms with Crippen LogP contribution in [0.1, 0.15) is 22.6 Å². The molecular formula is C17H21N3O2S2. The highest BCUT2D eigenvalue weighted by Gasteiger charge is 2.42. The number of nitrogens with one attached hydrogen (secondary N) is 3. The van der Waals surface area contributed by atoms with Crippen molar-refractivity contribution in [2.24, 2.45) is 5.41 Å². The van der Waals surface area contributed by atoms with Crippen LogP contribution in [0.15, 0.2) is 35.0 Å². The highest BCUT2D eigenvalue weighted by Crippen LogP contribution is 2.30. The van der Waals surface area contributed by atoms with E-state index in [2.05, 4.69) is 16.0 Å². The molecule has 1 aliphatic heterocycles. The predicted molar refractivity (Wildman–Crippen MR) is 96.9 cm³/mol. The van der Waals surface area contributed by atoms with E-state index in [0.29, 0.717) is 26.1 Å². The summed E-state index contributed by atoms with van der Waals surface area (Å²) in [6.45, 7) is 2.37. The Labute approximate surface area is 149 Å². The minimum Gasteiger partial charge on any atom is -0.351 e. The standard InChI is InChI=1S/C17H21N3O2S2/c21-15(19-10-13-3-1-7-23-13)9-17(5-6-18-12-17)16(22)20-11-14-4-2-8-24-14/h1-4,7-8,18H,5-6,9-12H2,(H,19,21)(H,20,22). The third kappa shape index (κ3) is 4.23. The van der Waals surface area contributed by atoms with Crippen molar-refractivity contribution in [3.8, 4) is 0 Å². The summed E-state index contributed by atoms with van der Waals surface area (Å²) in [6.07, 6.45) is 0.914. The molecular weight excluding hydrogens is 342 g/mol. The second-order valence-corrected chi connectivity index (χ2v) is 8.07. The quantitative estimate of drug-likeness (QED) is 0.706. The Balaban J connectivity index is 1.55. The Hall–Kier alpha value is -1.70. The van der Waals surface area contributed by atoms with Gasteiger partial charge in [0.2, 0.25) is 11.8 Å². The predicted octanol–water partition coefficient (Wildman–Crippen LogP) is 2.11. The van der Waals surface area contributed by atoms with Crippen LogP contribution in [0.25, 0.3) is 0 Å². The van der Waals surface area contributed by atoms with Crippen molar-refractivity contribution >= 4 is 34.5 Å². The number of carbonyl (C=O) groups excluding carboxylic acids is 2. The first-order valence-corrected chi connectivity index (χ1v) is 9.74. The molecule has 5 nitrogen and oxygen atoms in total. The molecule has 0 bridgehead atoms. The van der Waals surface area contributed by atoms with Crippen LogP contribution in [0, 0.1) is 5.41 Å². The molecule has 1 unspecified atom stereocenters.